The van der Waals surface area contributed by atoms with Crippen molar-refractivity contribution < 1.29 is 19.0 Å². The number of amides is 1. The van der Waals surface area contributed by atoms with Crippen molar-refractivity contribution in [2.75, 3.05) is 21.3 Å². The molecular weight excluding hydrogens is 296 g/mol. The van der Waals surface area contributed by atoms with E-state index in [1.54, 1.807) is 18.3 Å². The lowest BCUT2D eigenvalue weighted by Crippen LogP contribution is -2.23. The van der Waals surface area contributed by atoms with Crippen molar-refractivity contribution in [2.45, 2.75) is 13.5 Å². The number of carbonyl (C=O) groups excluding carboxylic acids is 1. The number of hydrogen-bond donors (Lipinski definition) is 1. The molecule has 1 N–H and O–H groups in total. The summed E-state index contributed by atoms with van der Waals surface area (Å²) in [4.78, 5) is 16.5. The average Bonchev–Trinajstić information content (AvgIpc) is 2.59. The fourth-order valence-corrected chi connectivity index (χ4v) is 2.10. The molecule has 0 bridgehead atoms. The molecule has 1 aromatic carbocycles. The zero-order valence-corrected chi connectivity index (χ0v) is 13.7. The van der Waals surface area contributed by atoms with Crippen LogP contribution in [0.5, 0.6) is 17.2 Å². The first-order valence-corrected chi connectivity index (χ1v) is 7.08. The molecular formula is C17H20N2O4. The van der Waals surface area contributed by atoms with Gasteiger partial charge in [-0.1, -0.05) is 6.07 Å². The van der Waals surface area contributed by atoms with E-state index >= 15 is 0 Å². The fraction of sp³-hybridized carbons (Fsp3) is 0.294. The zero-order valence-electron chi connectivity index (χ0n) is 13.7. The van der Waals surface area contributed by atoms with Crippen LogP contribution in [0.25, 0.3) is 0 Å². The predicted octanol–water partition coefficient (Wildman–Crippen LogP) is 2.35. The number of nitrogens with zero attached hydrogens (tertiary/aromatic N) is 1. The molecule has 23 heavy (non-hydrogen) atoms. The van der Waals surface area contributed by atoms with E-state index in [4.69, 9.17) is 14.2 Å². The molecule has 1 amide bonds. The van der Waals surface area contributed by atoms with Gasteiger partial charge in [-0.15, -0.1) is 0 Å². The number of aryl methyl sites for hydroxylation is 1. The minimum Gasteiger partial charge on any atom is -0.493 e. The topological polar surface area (TPSA) is 69.7 Å². The standard InChI is InChI=1S/C17H20N2O4/c1-11-5-6-12(9-18-11)10-19-17(20)13-7-14(21-2)16(23-4)15(8-13)22-3/h5-9H,10H2,1-4H3,(H,19,20). The number of rotatable bonds is 6. The Bertz CT molecular complexity index is 658. The first-order chi connectivity index (χ1) is 11.1. The number of nitrogens with one attached hydrogen (secondary N) is 1. The third kappa shape index (κ3) is 3.91. The van der Waals surface area contributed by atoms with Gasteiger partial charge in [0.2, 0.25) is 5.75 Å². The molecule has 0 spiro atoms. The highest BCUT2D eigenvalue weighted by molar-refractivity contribution is 5.95. The molecule has 1 aromatic heterocycles. The molecule has 0 atom stereocenters. The number of pyridine rings is 1. The van der Waals surface area contributed by atoms with E-state index in [2.05, 4.69) is 10.3 Å². The second-order valence-corrected chi connectivity index (χ2v) is 4.90. The first-order valence-electron chi connectivity index (χ1n) is 7.08. The molecule has 122 valence electrons. The van der Waals surface area contributed by atoms with E-state index in [0.717, 1.165) is 11.3 Å². The van der Waals surface area contributed by atoms with Crippen LogP contribution >= 0.6 is 0 Å². The Kier molecular flexibility index (Phi) is 5.41. The summed E-state index contributed by atoms with van der Waals surface area (Å²) in [5, 5.41) is 2.84. The van der Waals surface area contributed by atoms with Crippen LogP contribution in [0, 0.1) is 6.92 Å². The third-order valence-corrected chi connectivity index (χ3v) is 3.35. The summed E-state index contributed by atoms with van der Waals surface area (Å²) in [6.45, 7) is 2.31. The summed E-state index contributed by atoms with van der Waals surface area (Å²) < 4.78 is 15.7. The molecule has 0 aliphatic heterocycles. The Morgan fingerprint density at radius 2 is 1.74 bits per heavy atom. The second kappa shape index (κ2) is 7.49. The predicted molar refractivity (Wildman–Crippen MR) is 86.2 cm³/mol. The van der Waals surface area contributed by atoms with Gasteiger partial charge < -0.3 is 19.5 Å². The fourth-order valence-electron chi connectivity index (χ4n) is 2.10. The van der Waals surface area contributed by atoms with Crippen LogP contribution in [-0.4, -0.2) is 32.2 Å². The van der Waals surface area contributed by atoms with Crippen LogP contribution in [-0.2, 0) is 6.54 Å². The lowest BCUT2D eigenvalue weighted by atomic mass is 10.1. The van der Waals surface area contributed by atoms with Gasteiger partial charge >= 0.3 is 0 Å². The van der Waals surface area contributed by atoms with Gasteiger partial charge in [0.15, 0.2) is 11.5 Å². The van der Waals surface area contributed by atoms with Crippen molar-refractivity contribution in [3.8, 4) is 17.2 Å². The number of hydrogen-bond acceptors (Lipinski definition) is 5. The lowest BCUT2D eigenvalue weighted by Gasteiger charge is -2.14. The monoisotopic (exact) mass is 316 g/mol. The van der Waals surface area contributed by atoms with Crippen molar-refractivity contribution in [1.29, 1.82) is 0 Å². The SMILES string of the molecule is COc1cc(C(=O)NCc2ccc(C)nc2)cc(OC)c1OC. The van der Waals surface area contributed by atoms with Gasteiger partial charge in [-0.05, 0) is 30.7 Å². The Hall–Kier alpha value is -2.76. The van der Waals surface area contributed by atoms with Gasteiger partial charge in [0, 0.05) is 24.0 Å². The highest BCUT2D eigenvalue weighted by Crippen LogP contribution is 2.38. The minimum absolute atomic E-state index is 0.232. The Morgan fingerprint density at radius 3 is 2.22 bits per heavy atom. The van der Waals surface area contributed by atoms with E-state index in [1.807, 2.05) is 19.1 Å². The molecule has 2 rings (SSSR count). The second-order valence-electron chi connectivity index (χ2n) is 4.90. The van der Waals surface area contributed by atoms with Gasteiger partial charge in [0.05, 0.1) is 21.3 Å². The van der Waals surface area contributed by atoms with Gasteiger partial charge in [0.25, 0.3) is 5.91 Å². The van der Waals surface area contributed by atoms with Crippen molar-refractivity contribution in [3.63, 3.8) is 0 Å². The highest BCUT2D eigenvalue weighted by Gasteiger charge is 2.16. The maximum Gasteiger partial charge on any atom is 0.251 e. The summed E-state index contributed by atoms with van der Waals surface area (Å²) in [5.74, 6) is 1.10. The lowest BCUT2D eigenvalue weighted by molar-refractivity contribution is 0.0950. The zero-order chi connectivity index (χ0) is 16.8. The normalized spacial score (nSPS) is 10.1. The van der Waals surface area contributed by atoms with Crippen LogP contribution in [0.3, 0.4) is 0 Å². The van der Waals surface area contributed by atoms with Crippen LogP contribution in [0.2, 0.25) is 0 Å². The Balaban J connectivity index is 2.16. The number of aromatic nitrogens is 1. The summed E-state index contributed by atoms with van der Waals surface area (Å²) in [7, 11) is 4.54. The quantitative estimate of drug-likeness (QED) is 0.886. The van der Waals surface area contributed by atoms with Crippen LogP contribution in [0.1, 0.15) is 21.6 Å². The molecule has 6 heteroatoms. The molecule has 0 radical (unpaired) electrons. The van der Waals surface area contributed by atoms with Gasteiger partial charge in [-0.2, -0.15) is 0 Å². The van der Waals surface area contributed by atoms with Crippen molar-refractivity contribution in [1.82, 2.24) is 10.3 Å². The smallest absolute Gasteiger partial charge is 0.251 e. The molecule has 6 nitrogen and oxygen atoms in total. The van der Waals surface area contributed by atoms with E-state index in [0.29, 0.717) is 29.4 Å². The number of benzene rings is 1. The number of ether oxygens (including phenoxy) is 3. The summed E-state index contributed by atoms with van der Waals surface area (Å²) in [6, 6.07) is 7.06. The van der Waals surface area contributed by atoms with Crippen LogP contribution in [0.4, 0.5) is 0 Å². The molecule has 1 heterocycles. The van der Waals surface area contributed by atoms with Crippen molar-refractivity contribution in [2.24, 2.45) is 0 Å². The van der Waals surface area contributed by atoms with Crippen LogP contribution < -0.4 is 19.5 Å². The molecule has 0 saturated heterocycles. The third-order valence-electron chi connectivity index (χ3n) is 3.35. The Morgan fingerprint density at radius 1 is 1.09 bits per heavy atom. The van der Waals surface area contributed by atoms with E-state index < -0.39 is 0 Å². The summed E-state index contributed by atoms with van der Waals surface area (Å²) in [5.41, 5.74) is 2.29. The Labute approximate surface area is 135 Å². The minimum atomic E-state index is -0.232. The van der Waals surface area contributed by atoms with Crippen molar-refractivity contribution in [3.05, 3.63) is 47.3 Å². The largest absolute Gasteiger partial charge is 0.493 e. The molecule has 2 aromatic rings. The average molecular weight is 316 g/mol. The molecule has 0 aliphatic carbocycles. The van der Waals surface area contributed by atoms with Gasteiger partial charge in [-0.25, -0.2) is 0 Å². The maximum atomic E-state index is 12.3. The highest BCUT2D eigenvalue weighted by atomic mass is 16.5. The van der Waals surface area contributed by atoms with E-state index in [-0.39, 0.29) is 5.91 Å². The van der Waals surface area contributed by atoms with Crippen LogP contribution in [0.15, 0.2) is 30.5 Å². The maximum absolute atomic E-state index is 12.3. The molecule has 0 aliphatic rings. The summed E-state index contributed by atoms with van der Waals surface area (Å²) in [6.07, 6.45) is 1.74. The van der Waals surface area contributed by atoms with E-state index in [1.165, 1.54) is 21.3 Å². The van der Waals surface area contributed by atoms with Crippen molar-refractivity contribution >= 4 is 5.91 Å². The van der Waals surface area contributed by atoms with E-state index in [9.17, 15) is 4.79 Å². The first kappa shape index (κ1) is 16.6. The molecule has 0 fully saturated rings. The molecule has 0 unspecified atom stereocenters. The van der Waals surface area contributed by atoms with Gasteiger partial charge in [0.1, 0.15) is 0 Å². The van der Waals surface area contributed by atoms with Gasteiger partial charge in [-0.3, -0.25) is 9.78 Å². The number of carbonyl (C=O) groups is 1. The number of methoxy groups -OCH3 is 3. The summed E-state index contributed by atoms with van der Waals surface area (Å²) >= 11 is 0. The molecule has 0 saturated carbocycles.